The molecule has 0 bridgehead atoms. The zero-order valence-electron chi connectivity index (χ0n) is 6.53. The molecule has 60 valence electrons. The maximum absolute atomic E-state index is 10.3. The van der Waals surface area contributed by atoms with Crippen LogP contribution in [0.4, 0.5) is 0 Å². The molecule has 4 heteroatoms. The Bertz CT molecular complexity index is 278. The topological polar surface area (TPSA) is 55.1 Å². The molecule has 4 nitrogen and oxygen atoms in total. The van der Waals surface area contributed by atoms with Crippen LogP contribution in [0.5, 0.6) is 5.88 Å². The Labute approximate surface area is 64.5 Å². The normalized spacial score (nSPS) is 10.0. The third kappa shape index (κ3) is 1.11. The largest absolute Gasteiger partial charge is 0.493 e. The maximum Gasteiger partial charge on any atom is 0.222 e. The van der Waals surface area contributed by atoms with Crippen LogP contribution in [0, 0.1) is 6.92 Å². The van der Waals surface area contributed by atoms with Crippen molar-refractivity contribution in [2.75, 3.05) is 0 Å². The molecular weight excluding hydrogens is 144 g/mol. The molecule has 1 rings (SSSR count). The van der Waals surface area contributed by atoms with E-state index in [1.165, 1.54) is 0 Å². The number of aldehydes is 1. The van der Waals surface area contributed by atoms with Gasteiger partial charge in [-0.05, 0) is 13.8 Å². The Morgan fingerprint density at radius 3 is 2.64 bits per heavy atom. The summed E-state index contributed by atoms with van der Waals surface area (Å²) in [6, 6.07) is 0. The van der Waals surface area contributed by atoms with Crippen LogP contribution in [-0.2, 0) is 6.54 Å². The highest BCUT2D eigenvalue weighted by atomic mass is 16.3. The lowest BCUT2D eigenvalue weighted by Gasteiger charge is -1.99. The quantitative estimate of drug-likeness (QED) is 0.639. The van der Waals surface area contributed by atoms with Gasteiger partial charge < -0.3 is 5.11 Å². The smallest absolute Gasteiger partial charge is 0.222 e. The van der Waals surface area contributed by atoms with Gasteiger partial charge in [-0.2, -0.15) is 0 Å². The van der Waals surface area contributed by atoms with Crippen molar-refractivity contribution in [2.45, 2.75) is 20.4 Å². The van der Waals surface area contributed by atoms with Crippen molar-refractivity contribution in [3.05, 3.63) is 11.5 Å². The second-order valence-electron chi connectivity index (χ2n) is 2.23. The Morgan fingerprint density at radius 2 is 2.36 bits per heavy atom. The van der Waals surface area contributed by atoms with Gasteiger partial charge in [-0.3, -0.25) is 9.36 Å². The molecule has 1 aromatic heterocycles. The van der Waals surface area contributed by atoms with E-state index in [1.807, 2.05) is 6.92 Å². The summed E-state index contributed by atoms with van der Waals surface area (Å²) >= 11 is 0. The van der Waals surface area contributed by atoms with Crippen molar-refractivity contribution in [3.8, 4) is 5.88 Å². The molecule has 0 fully saturated rings. The molecule has 0 unspecified atom stereocenters. The minimum absolute atomic E-state index is 0.0417. The van der Waals surface area contributed by atoms with E-state index in [2.05, 4.69) is 4.98 Å². The summed E-state index contributed by atoms with van der Waals surface area (Å²) in [4.78, 5) is 14.1. The fraction of sp³-hybridized carbons (Fsp3) is 0.429. The predicted molar refractivity (Wildman–Crippen MR) is 39.7 cm³/mol. The van der Waals surface area contributed by atoms with Crippen molar-refractivity contribution < 1.29 is 9.90 Å². The number of imidazole rings is 1. The van der Waals surface area contributed by atoms with Crippen LogP contribution < -0.4 is 0 Å². The number of carbonyl (C=O) groups is 1. The first-order chi connectivity index (χ1) is 5.20. The number of rotatable bonds is 2. The molecule has 0 aromatic carbocycles. The summed E-state index contributed by atoms with van der Waals surface area (Å²) < 4.78 is 1.57. The zero-order chi connectivity index (χ0) is 8.43. The molecule has 1 heterocycles. The van der Waals surface area contributed by atoms with Gasteiger partial charge in [0.1, 0.15) is 5.82 Å². The van der Waals surface area contributed by atoms with Crippen LogP contribution in [0.1, 0.15) is 23.2 Å². The van der Waals surface area contributed by atoms with Crippen LogP contribution in [0.15, 0.2) is 0 Å². The summed E-state index contributed by atoms with van der Waals surface area (Å²) in [6.07, 6.45) is 0.550. The van der Waals surface area contributed by atoms with Crippen molar-refractivity contribution in [2.24, 2.45) is 0 Å². The van der Waals surface area contributed by atoms with Crippen LogP contribution in [0.3, 0.4) is 0 Å². The highest BCUT2D eigenvalue weighted by Gasteiger charge is 2.10. The second-order valence-corrected chi connectivity index (χ2v) is 2.23. The van der Waals surface area contributed by atoms with E-state index in [0.29, 0.717) is 18.7 Å². The number of aromatic nitrogens is 2. The Morgan fingerprint density at radius 1 is 1.73 bits per heavy atom. The molecule has 0 amide bonds. The molecule has 0 aliphatic heterocycles. The third-order valence-electron chi connectivity index (χ3n) is 1.59. The minimum Gasteiger partial charge on any atom is -0.493 e. The Balaban J connectivity index is 3.24. The number of hydrogen-bond donors (Lipinski definition) is 1. The number of aryl methyl sites for hydroxylation is 1. The number of aromatic hydroxyl groups is 1. The van der Waals surface area contributed by atoms with E-state index < -0.39 is 0 Å². The van der Waals surface area contributed by atoms with Crippen molar-refractivity contribution in [1.82, 2.24) is 9.55 Å². The minimum atomic E-state index is -0.0417. The first-order valence-corrected chi connectivity index (χ1v) is 3.42. The van der Waals surface area contributed by atoms with Crippen LogP contribution in [0.2, 0.25) is 0 Å². The predicted octanol–water partition coefficient (Wildman–Crippen LogP) is 0.730. The summed E-state index contributed by atoms with van der Waals surface area (Å²) in [5.41, 5.74) is 0.115. The average Bonchev–Trinajstić information content (AvgIpc) is 2.26. The van der Waals surface area contributed by atoms with Crippen molar-refractivity contribution in [3.63, 3.8) is 0 Å². The number of nitrogens with zero attached hydrogens (tertiary/aromatic N) is 2. The molecule has 0 saturated heterocycles. The van der Waals surface area contributed by atoms with Crippen LogP contribution in [-0.4, -0.2) is 20.9 Å². The van der Waals surface area contributed by atoms with Gasteiger partial charge in [-0.1, -0.05) is 0 Å². The van der Waals surface area contributed by atoms with Gasteiger partial charge in [-0.15, -0.1) is 0 Å². The van der Waals surface area contributed by atoms with E-state index in [0.717, 1.165) is 0 Å². The standard InChI is InChI=1S/C7H10N2O2/c1-3-9-5(2)8-6(4-10)7(9)11/h4,11H,3H2,1-2H3. The van der Waals surface area contributed by atoms with Gasteiger partial charge in [0.25, 0.3) is 0 Å². The monoisotopic (exact) mass is 154 g/mol. The van der Waals surface area contributed by atoms with Gasteiger partial charge in [0, 0.05) is 6.54 Å². The summed E-state index contributed by atoms with van der Waals surface area (Å²) in [7, 11) is 0. The molecule has 0 radical (unpaired) electrons. The van der Waals surface area contributed by atoms with E-state index in [-0.39, 0.29) is 11.6 Å². The number of carbonyl (C=O) groups excluding carboxylic acids is 1. The Kier molecular flexibility index (Phi) is 1.94. The zero-order valence-corrected chi connectivity index (χ0v) is 6.53. The third-order valence-corrected chi connectivity index (χ3v) is 1.59. The molecular formula is C7H10N2O2. The molecule has 0 saturated carbocycles. The first-order valence-electron chi connectivity index (χ1n) is 3.42. The SMILES string of the molecule is CCn1c(C)nc(C=O)c1O. The highest BCUT2D eigenvalue weighted by Crippen LogP contribution is 2.15. The maximum atomic E-state index is 10.3. The Hall–Kier alpha value is -1.32. The van der Waals surface area contributed by atoms with E-state index in [4.69, 9.17) is 0 Å². The molecule has 1 aromatic rings. The van der Waals surface area contributed by atoms with Gasteiger partial charge in [-0.25, -0.2) is 4.98 Å². The van der Waals surface area contributed by atoms with Crippen LogP contribution >= 0.6 is 0 Å². The molecule has 0 spiro atoms. The van der Waals surface area contributed by atoms with Crippen LogP contribution in [0.25, 0.3) is 0 Å². The van der Waals surface area contributed by atoms with Gasteiger partial charge in [0.2, 0.25) is 5.88 Å². The van der Waals surface area contributed by atoms with Crippen molar-refractivity contribution >= 4 is 6.29 Å². The lowest BCUT2D eigenvalue weighted by atomic mass is 10.5. The fourth-order valence-corrected chi connectivity index (χ4v) is 1.03. The molecule has 11 heavy (non-hydrogen) atoms. The van der Waals surface area contributed by atoms with Gasteiger partial charge >= 0.3 is 0 Å². The lowest BCUT2D eigenvalue weighted by Crippen LogP contribution is -1.95. The molecule has 0 aliphatic rings. The van der Waals surface area contributed by atoms with Gasteiger partial charge in [0.15, 0.2) is 12.0 Å². The molecule has 0 aliphatic carbocycles. The van der Waals surface area contributed by atoms with E-state index in [9.17, 15) is 9.90 Å². The van der Waals surface area contributed by atoms with Crippen molar-refractivity contribution in [1.29, 1.82) is 0 Å². The number of hydrogen-bond acceptors (Lipinski definition) is 3. The summed E-state index contributed by atoms with van der Waals surface area (Å²) in [5.74, 6) is 0.618. The molecule has 0 atom stereocenters. The lowest BCUT2D eigenvalue weighted by molar-refractivity contribution is 0.111. The van der Waals surface area contributed by atoms with Gasteiger partial charge in [0.05, 0.1) is 0 Å². The van der Waals surface area contributed by atoms with E-state index in [1.54, 1.807) is 11.5 Å². The molecule has 1 N–H and O–H groups in total. The summed E-state index contributed by atoms with van der Waals surface area (Å²) in [5, 5.41) is 9.28. The first kappa shape index (κ1) is 7.78. The second kappa shape index (κ2) is 2.74. The van der Waals surface area contributed by atoms with E-state index >= 15 is 0 Å². The summed E-state index contributed by atoms with van der Waals surface area (Å²) in [6.45, 7) is 4.25. The fourth-order valence-electron chi connectivity index (χ4n) is 1.03. The highest BCUT2D eigenvalue weighted by molar-refractivity contribution is 5.75. The average molecular weight is 154 g/mol.